The molecule has 0 fully saturated rings. The average Bonchev–Trinajstić information content (AvgIpc) is 2.37. The number of rotatable bonds is 1. The summed E-state index contributed by atoms with van der Waals surface area (Å²) < 4.78 is 19.5. The van der Waals surface area contributed by atoms with Crippen molar-refractivity contribution in [3.63, 3.8) is 0 Å². The highest BCUT2D eigenvalue weighted by Gasteiger charge is 2.31. The molecule has 1 aliphatic rings. The number of ether oxygens (including phenoxy) is 1. The highest BCUT2D eigenvalue weighted by molar-refractivity contribution is 5.37. The predicted octanol–water partition coefficient (Wildman–Crippen LogP) is 2.52. The molecule has 2 N–H and O–H groups in total. The summed E-state index contributed by atoms with van der Waals surface area (Å²) in [5, 5.41) is 0. The van der Waals surface area contributed by atoms with Crippen molar-refractivity contribution in [1.29, 1.82) is 0 Å². The van der Waals surface area contributed by atoms with Crippen molar-refractivity contribution < 1.29 is 9.13 Å². The van der Waals surface area contributed by atoms with Crippen molar-refractivity contribution in [2.24, 2.45) is 5.73 Å². The van der Waals surface area contributed by atoms with Gasteiger partial charge in [0.2, 0.25) is 0 Å². The summed E-state index contributed by atoms with van der Waals surface area (Å²) in [5.74, 6) is -0.206. The smallest absolute Gasteiger partial charge is 0.129 e. The topological polar surface area (TPSA) is 35.2 Å². The van der Waals surface area contributed by atoms with Gasteiger partial charge in [-0.25, -0.2) is 4.39 Å². The van der Waals surface area contributed by atoms with E-state index in [9.17, 15) is 4.39 Å². The maximum Gasteiger partial charge on any atom is 0.129 e. The van der Waals surface area contributed by atoms with E-state index in [0.29, 0.717) is 18.7 Å². The molecule has 0 aromatic heterocycles. The van der Waals surface area contributed by atoms with Crippen molar-refractivity contribution in [1.82, 2.24) is 0 Å². The Hall–Kier alpha value is -0.930. The van der Waals surface area contributed by atoms with Gasteiger partial charge in [0.15, 0.2) is 0 Å². The summed E-state index contributed by atoms with van der Waals surface area (Å²) in [4.78, 5) is 0. The zero-order chi connectivity index (χ0) is 11.8. The first kappa shape index (κ1) is 11.6. The first-order valence-corrected chi connectivity index (χ1v) is 5.67. The first-order chi connectivity index (χ1) is 7.56. The molecule has 1 aliphatic heterocycles. The Labute approximate surface area is 95.6 Å². The van der Waals surface area contributed by atoms with Crippen molar-refractivity contribution in [2.45, 2.75) is 31.8 Å². The van der Waals surface area contributed by atoms with Gasteiger partial charge in [-0.2, -0.15) is 0 Å². The van der Waals surface area contributed by atoms with Crippen LogP contribution in [0.2, 0.25) is 0 Å². The van der Waals surface area contributed by atoms with E-state index in [0.717, 1.165) is 12.0 Å². The van der Waals surface area contributed by atoms with Gasteiger partial charge < -0.3 is 10.5 Å². The van der Waals surface area contributed by atoms with E-state index >= 15 is 0 Å². The first-order valence-electron chi connectivity index (χ1n) is 5.67. The van der Waals surface area contributed by atoms with Gasteiger partial charge >= 0.3 is 0 Å². The Kier molecular flexibility index (Phi) is 3.00. The number of nitrogens with two attached hydrogens (primary N) is 1. The Morgan fingerprint density at radius 2 is 2.25 bits per heavy atom. The minimum Gasteiger partial charge on any atom is -0.372 e. The molecule has 0 bridgehead atoms. The predicted molar refractivity (Wildman–Crippen MR) is 61.8 cm³/mol. The molecular formula is C13H18FNO. The Bertz CT molecular complexity index is 390. The number of halogens is 1. The van der Waals surface area contributed by atoms with Gasteiger partial charge in [0.05, 0.1) is 6.10 Å². The van der Waals surface area contributed by atoms with Crippen molar-refractivity contribution >= 4 is 0 Å². The van der Waals surface area contributed by atoms with Crippen LogP contribution in [0.5, 0.6) is 0 Å². The number of hydrogen-bond acceptors (Lipinski definition) is 2. The third-order valence-corrected chi connectivity index (χ3v) is 3.36. The summed E-state index contributed by atoms with van der Waals surface area (Å²) in [6.45, 7) is 5.19. The zero-order valence-corrected chi connectivity index (χ0v) is 9.79. The fourth-order valence-electron chi connectivity index (χ4n) is 2.31. The second-order valence-electron chi connectivity index (χ2n) is 4.93. The van der Waals surface area contributed by atoms with E-state index in [2.05, 4.69) is 13.8 Å². The highest BCUT2D eigenvalue weighted by Crippen LogP contribution is 2.38. The molecule has 0 aliphatic carbocycles. The molecule has 2 nitrogen and oxygen atoms in total. The molecule has 0 saturated carbocycles. The fraction of sp³-hybridized carbons (Fsp3) is 0.538. The molecule has 2 rings (SSSR count). The SMILES string of the molecule is CC1(C)CCOC(CN)c2c(F)cccc21. The maximum atomic E-state index is 13.9. The van der Waals surface area contributed by atoms with Crippen LogP contribution < -0.4 is 5.73 Å². The summed E-state index contributed by atoms with van der Waals surface area (Å²) in [6.07, 6.45) is 0.581. The highest BCUT2D eigenvalue weighted by atomic mass is 19.1. The van der Waals surface area contributed by atoms with Crippen molar-refractivity contribution in [2.75, 3.05) is 13.2 Å². The molecular weight excluding hydrogens is 205 g/mol. The van der Waals surface area contributed by atoms with Gasteiger partial charge in [0.25, 0.3) is 0 Å². The van der Waals surface area contributed by atoms with Crippen LogP contribution in [0.15, 0.2) is 18.2 Å². The lowest BCUT2D eigenvalue weighted by atomic mass is 9.79. The molecule has 0 saturated heterocycles. The van der Waals surface area contributed by atoms with Gasteiger partial charge in [0, 0.05) is 18.7 Å². The summed E-state index contributed by atoms with van der Waals surface area (Å²) in [5.41, 5.74) is 7.27. The molecule has 16 heavy (non-hydrogen) atoms. The quantitative estimate of drug-likeness (QED) is 0.794. The third-order valence-electron chi connectivity index (χ3n) is 3.36. The summed E-state index contributed by atoms with van der Waals surface area (Å²) in [7, 11) is 0. The maximum absolute atomic E-state index is 13.9. The van der Waals surface area contributed by atoms with Crippen LogP contribution in [0.25, 0.3) is 0 Å². The van der Waals surface area contributed by atoms with Crippen LogP contribution in [0.4, 0.5) is 4.39 Å². The molecule has 0 amide bonds. The van der Waals surface area contributed by atoms with E-state index in [1.807, 2.05) is 6.07 Å². The molecule has 1 heterocycles. The van der Waals surface area contributed by atoms with Crippen LogP contribution >= 0.6 is 0 Å². The minimum absolute atomic E-state index is 0.0542. The van der Waals surface area contributed by atoms with E-state index in [1.54, 1.807) is 6.07 Å². The molecule has 0 radical (unpaired) electrons. The van der Waals surface area contributed by atoms with Gasteiger partial charge in [-0.1, -0.05) is 26.0 Å². The summed E-state index contributed by atoms with van der Waals surface area (Å²) >= 11 is 0. The van der Waals surface area contributed by atoms with Crippen LogP contribution in [0.3, 0.4) is 0 Å². The van der Waals surface area contributed by atoms with Gasteiger partial charge in [-0.3, -0.25) is 0 Å². The van der Waals surface area contributed by atoms with E-state index in [4.69, 9.17) is 10.5 Å². The standard InChI is InChI=1S/C13H18FNO/c1-13(2)6-7-16-11(8-15)12-9(13)4-3-5-10(12)14/h3-5,11H,6-8,15H2,1-2H3. The molecule has 1 aromatic rings. The van der Waals surface area contributed by atoms with Crippen LogP contribution in [0.1, 0.15) is 37.5 Å². The molecule has 88 valence electrons. The Morgan fingerprint density at radius 1 is 1.50 bits per heavy atom. The molecule has 1 aromatic carbocycles. The fourth-order valence-corrected chi connectivity index (χ4v) is 2.31. The lowest BCUT2D eigenvalue weighted by Crippen LogP contribution is -2.20. The second kappa shape index (κ2) is 4.15. The second-order valence-corrected chi connectivity index (χ2v) is 4.93. The van der Waals surface area contributed by atoms with Crippen LogP contribution in [0, 0.1) is 5.82 Å². The van der Waals surface area contributed by atoms with Crippen LogP contribution in [-0.2, 0) is 10.2 Å². The number of fused-ring (bicyclic) bond motifs is 1. The minimum atomic E-state index is -0.307. The van der Waals surface area contributed by atoms with Crippen molar-refractivity contribution in [3.05, 3.63) is 35.1 Å². The van der Waals surface area contributed by atoms with E-state index in [1.165, 1.54) is 6.07 Å². The van der Waals surface area contributed by atoms with Crippen molar-refractivity contribution in [3.8, 4) is 0 Å². The van der Waals surface area contributed by atoms with E-state index in [-0.39, 0.29) is 17.3 Å². The van der Waals surface area contributed by atoms with Gasteiger partial charge in [-0.15, -0.1) is 0 Å². The Balaban J connectivity index is 2.59. The third kappa shape index (κ3) is 1.85. The largest absolute Gasteiger partial charge is 0.372 e. The van der Waals surface area contributed by atoms with Gasteiger partial charge in [0.1, 0.15) is 5.82 Å². The Morgan fingerprint density at radius 3 is 2.94 bits per heavy atom. The normalized spacial score (nSPS) is 23.6. The zero-order valence-electron chi connectivity index (χ0n) is 9.79. The number of hydrogen-bond donors (Lipinski definition) is 1. The van der Waals surface area contributed by atoms with E-state index < -0.39 is 0 Å². The monoisotopic (exact) mass is 223 g/mol. The summed E-state index contributed by atoms with van der Waals surface area (Å²) in [6, 6.07) is 5.22. The number of benzene rings is 1. The van der Waals surface area contributed by atoms with Crippen LogP contribution in [-0.4, -0.2) is 13.2 Å². The molecule has 1 unspecified atom stereocenters. The lowest BCUT2D eigenvalue weighted by Gasteiger charge is -2.25. The molecule has 0 spiro atoms. The molecule has 3 heteroatoms. The van der Waals surface area contributed by atoms with Gasteiger partial charge in [-0.05, 0) is 23.5 Å². The molecule has 1 atom stereocenters. The average molecular weight is 223 g/mol. The lowest BCUT2D eigenvalue weighted by molar-refractivity contribution is 0.0556.